The van der Waals surface area contributed by atoms with E-state index in [1.807, 2.05) is 11.8 Å². The topological polar surface area (TPSA) is 49.2 Å². The number of hydrogen-bond acceptors (Lipinski definition) is 5. The predicted molar refractivity (Wildman–Crippen MR) is 76.0 cm³/mol. The summed E-state index contributed by atoms with van der Waals surface area (Å²) >= 11 is 7.90. The lowest BCUT2D eigenvalue weighted by atomic mass is 9.73. The number of aliphatic hydroxyl groups is 1. The summed E-state index contributed by atoms with van der Waals surface area (Å²) in [5, 5.41) is 10.7. The number of aryl methyl sites for hydroxylation is 1. The summed E-state index contributed by atoms with van der Waals surface area (Å²) in [6, 6.07) is 0. The molecule has 1 aliphatic carbocycles. The van der Waals surface area contributed by atoms with E-state index >= 15 is 0 Å². The molecule has 1 saturated heterocycles. The first-order valence-electron chi connectivity index (χ1n) is 6.86. The Labute approximate surface area is 121 Å². The van der Waals surface area contributed by atoms with Gasteiger partial charge in [0.05, 0.1) is 22.2 Å². The van der Waals surface area contributed by atoms with Crippen LogP contribution in [0.15, 0.2) is 4.90 Å². The van der Waals surface area contributed by atoms with E-state index in [4.69, 9.17) is 11.6 Å². The number of nitrogens with zero attached hydrogens (tertiary/aromatic N) is 3. The van der Waals surface area contributed by atoms with Crippen LogP contribution < -0.4 is 4.90 Å². The molecule has 3 heterocycles. The molecule has 4 rings (SSSR count). The van der Waals surface area contributed by atoms with Crippen molar-refractivity contribution in [3.63, 3.8) is 0 Å². The molecule has 3 aliphatic rings. The van der Waals surface area contributed by atoms with E-state index in [0.29, 0.717) is 5.28 Å². The Balaban J connectivity index is 1.81. The largest absolute Gasteiger partial charge is 0.391 e. The van der Waals surface area contributed by atoms with Crippen molar-refractivity contribution in [2.75, 3.05) is 17.2 Å². The standard InChI is InChI=1S/C13H16ClN3OS/c14-12-15-8-3-7-19-10(8)11(16-12)17-6-2-9(18)13(17)4-1-5-13/h9,18H,1-7H2. The van der Waals surface area contributed by atoms with Crippen LogP contribution in [0.25, 0.3) is 0 Å². The van der Waals surface area contributed by atoms with Crippen molar-refractivity contribution in [3.8, 4) is 0 Å². The number of aromatic nitrogens is 2. The van der Waals surface area contributed by atoms with Crippen molar-refractivity contribution in [2.24, 2.45) is 0 Å². The molecule has 1 atom stereocenters. The maximum atomic E-state index is 10.3. The lowest BCUT2D eigenvalue weighted by Crippen LogP contribution is -2.56. The molecule has 1 aromatic heterocycles. The third kappa shape index (κ3) is 1.64. The summed E-state index contributed by atoms with van der Waals surface area (Å²) in [7, 11) is 0. The minimum Gasteiger partial charge on any atom is -0.391 e. The molecular weight excluding hydrogens is 282 g/mol. The highest BCUT2D eigenvalue weighted by Gasteiger charge is 2.53. The van der Waals surface area contributed by atoms with Crippen LogP contribution in [0.3, 0.4) is 0 Å². The monoisotopic (exact) mass is 297 g/mol. The summed E-state index contributed by atoms with van der Waals surface area (Å²) < 4.78 is 0. The normalized spacial score (nSPS) is 27.7. The van der Waals surface area contributed by atoms with E-state index in [9.17, 15) is 5.11 Å². The molecule has 1 saturated carbocycles. The molecule has 2 aliphatic heterocycles. The van der Waals surface area contributed by atoms with Gasteiger partial charge in [-0.25, -0.2) is 4.98 Å². The van der Waals surface area contributed by atoms with Crippen molar-refractivity contribution in [1.82, 2.24) is 9.97 Å². The highest BCUT2D eigenvalue weighted by molar-refractivity contribution is 7.99. The Morgan fingerprint density at radius 1 is 1.37 bits per heavy atom. The van der Waals surface area contributed by atoms with Crippen molar-refractivity contribution < 1.29 is 5.11 Å². The minimum absolute atomic E-state index is 0.0748. The van der Waals surface area contributed by atoms with Gasteiger partial charge in [0.2, 0.25) is 5.28 Å². The first-order chi connectivity index (χ1) is 9.21. The number of thioether (sulfide) groups is 1. The summed E-state index contributed by atoms with van der Waals surface area (Å²) in [4.78, 5) is 12.3. The van der Waals surface area contributed by atoms with Crippen LogP contribution in [-0.4, -0.2) is 39.0 Å². The molecule has 1 unspecified atom stereocenters. The smallest absolute Gasteiger partial charge is 0.224 e. The minimum atomic E-state index is -0.225. The molecular formula is C13H16ClN3OS. The summed E-state index contributed by atoms with van der Waals surface area (Å²) in [5.41, 5.74) is 1.00. The molecule has 0 radical (unpaired) electrons. The number of anilines is 1. The van der Waals surface area contributed by atoms with Crippen molar-refractivity contribution >= 4 is 29.2 Å². The van der Waals surface area contributed by atoms with Gasteiger partial charge < -0.3 is 10.0 Å². The van der Waals surface area contributed by atoms with Crippen molar-refractivity contribution in [2.45, 2.75) is 48.6 Å². The maximum Gasteiger partial charge on any atom is 0.224 e. The molecule has 4 nitrogen and oxygen atoms in total. The highest BCUT2D eigenvalue weighted by atomic mass is 35.5. The fourth-order valence-electron chi connectivity index (χ4n) is 3.59. The Morgan fingerprint density at radius 3 is 2.95 bits per heavy atom. The molecule has 1 aromatic rings. The summed E-state index contributed by atoms with van der Waals surface area (Å²) in [5.74, 6) is 2.02. The molecule has 6 heteroatoms. The van der Waals surface area contributed by atoms with Crippen LogP contribution in [0.2, 0.25) is 5.28 Å². The van der Waals surface area contributed by atoms with Gasteiger partial charge in [0.1, 0.15) is 5.82 Å². The predicted octanol–water partition coefficient (Wildman–Crippen LogP) is 2.27. The van der Waals surface area contributed by atoms with Gasteiger partial charge in [0.15, 0.2) is 0 Å². The molecule has 1 spiro atoms. The fourth-order valence-corrected chi connectivity index (χ4v) is 4.87. The Kier molecular flexibility index (Phi) is 2.73. The van der Waals surface area contributed by atoms with Gasteiger partial charge in [-0.1, -0.05) is 0 Å². The van der Waals surface area contributed by atoms with Crippen molar-refractivity contribution in [1.29, 1.82) is 0 Å². The number of aliphatic hydroxyl groups excluding tert-OH is 1. The molecule has 102 valence electrons. The van der Waals surface area contributed by atoms with Crippen LogP contribution in [0.1, 0.15) is 31.4 Å². The maximum absolute atomic E-state index is 10.3. The van der Waals surface area contributed by atoms with Crippen LogP contribution in [0.4, 0.5) is 5.82 Å². The molecule has 0 aromatic carbocycles. The van der Waals surface area contributed by atoms with Gasteiger partial charge >= 0.3 is 0 Å². The Bertz CT molecular complexity index is 535. The molecule has 19 heavy (non-hydrogen) atoms. The average Bonchev–Trinajstić information content (AvgIpc) is 2.90. The summed E-state index contributed by atoms with van der Waals surface area (Å²) in [6.07, 6.45) is 4.91. The third-order valence-corrected chi connectivity index (χ3v) is 6.02. The lowest BCUT2D eigenvalue weighted by molar-refractivity contribution is 0.0579. The van der Waals surface area contributed by atoms with E-state index in [2.05, 4.69) is 14.9 Å². The van der Waals surface area contributed by atoms with Crippen LogP contribution >= 0.6 is 23.4 Å². The lowest BCUT2D eigenvalue weighted by Gasteiger charge is -2.48. The SMILES string of the molecule is OC1CCN(c2nc(Cl)nc3c2SCC3)C12CCC2. The van der Waals surface area contributed by atoms with E-state index in [1.165, 1.54) is 11.3 Å². The van der Waals surface area contributed by atoms with Gasteiger partial charge in [-0.3, -0.25) is 0 Å². The number of hydrogen-bond donors (Lipinski definition) is 1. The van der Waals surface area contributed by atoms with E-state index in [-0.39, 0.29) is 11.6 Å². The zero-order valence-corrected chi connectivity index (χ0v) is 12.2. The second-order valence-corrected chi connectivity index (χ2v) is 7.05. The van der Waals surface area contributed by atoms with Crippen molar-refractivity contribution in [3.05, 3.63) is 11.0 Å². The molecule has 1 N–H and O–H groups in total. The van der Waals surface area contributed by atoms with Crippen LogP contribution in [-0.2, 0) is 6.42 Å². The first kappa shape index (κ1) is 12.2. The van der Waals surface area contributed by atoms with Gasteiger partial charge in [-0.2, -0.15) is 4.98 Å². The molecule has 0 amide bonds. The Morgan fingerprint density at radius 2 is 2.21 bits per heavy atom. The van der Waals surface area contributed by atoms with E-state index < -0.39 is 0 Å². The fraction of sp³-hybridized carbons (Fsp3) is 0.692. The van der Waals surface area contributed by atoms with E-state index in [0.717, 1.165) is 49.5 Å². The van der Waals surface area contributed by atoms with E-state index in [1.54, 1.807) is 0 Å². The summed E-state index contributed by atoms with van der Waals surface area (Å²) in [6.45, 7) is 0.876. The number of rotatable bonds is 1. The second-order valence-electron chi connectivity index (χ2n) is 5.60. The molecule has 0 bridgehead atoms. The first-order valence-corrected chi connectivity index (χ1v) is 8.22. The Hall–Kier alpha value is -0.520. The average molecular weight is 298 g/mol. The number of halogens is 1. The van der Waals surface area contributed by atoms with Crippen LogP contribution in [0, 0.1) is 0 Å². The number of fused-ring (bicyclic) bond motifs is 1. The van der Waals surface area contributed by atoms with Gasteiger partial charge in [0, 0.05) is 18.7 Å². The highest BCUT2D eigenvalue weighted by Crippen LogP contribution is 2.50. The van der Waals surface area contributed by atoms with Gasteiger partial charge in [-0.15, -0.1) is 11.8 Å². The molecule has 2 fully saturated rings. The zero-order valence-electron chi connectivity index (χ0n) is 10.6. The zero-order chi connectivity index (χ0) is 13.0. The second kappa shape index (κ2) is 4.24. The quantitative estimate of drug-likeness (QED) is 0.806. The third-order valence-electron chi connectivity index (χ3n) is 4.73. The van der Waals surface area contributed by atoms with Gasteiger partial charge in [-0.05, 0) is 37.3 Å². The van der Waals surface area contributed by atoms with Crippen LogP contribution in [0.5, 0.6) is 0 Å². The van der Waals surface area contributed by atoms with Gasteiger partial charge in [0.25, 0.3) is 0 Å².